The molecule has 0 spiro atoms. The van der Waals surface area contributed by atoms with Crippen LogP contribution in [0, 0.1) is 0 Å². The summed E-state index contributed by atoms with van der Waals surface area (Å²) in [6.07, 6.45) is -1.23. The Morgan fingerprint density at radius 2 is 1.00 bits per heavy atom. The van der Waals surface area contributed by atoms with Gasteiger partial charge < -0.3 is 25.5 Å². The summed E-state index contributed by atoms with van der Waals surface area (Å²) in [5.41, 5.74) is 0. The number of aliphatic carboxylic acids is 4. The summed E-state index contributed by atoms with van der Waals surface area (Å²) < 4.78 is 0. The summed E-state index contributed by atoms with van der Waals surface area (Å²) in [6.45, 7) is 2.28. The van der Waals surface area contributed by atoms with Crippen molar-refractivity contribution in [3.63, 3.8) is 0 Å². The van der Waals surface area contributed by atoms with Gasteiger partial charge in [-0.3, -0.25) is 4.79 Å². The molecule has 0 radical (unpaired) electrons. The first-order valence-electron chi connectivity index (χ1n) is 3.59. The highest BCUT2D eigenvalue weighted by Gasteiger charge is 2.04. The monoisotopic (exact) mass is 240 g/mol. The molecule has 9 heteroatoms. The zero-order valence-electron chi connectivity index (χ0n) is 8.45. The molecule has 0 saturated heterocycles. The van der Waals surface area contributed by atoms with Gasteiger partial charge in [0.25, 0.3) is 5.97 Å². The lowest BCUT2D eigenvalue weighted by molar-refractivity contribution is -0.159. The fraction of sp³-hybridized carbons (Fsp3) is 0.429. The standard InChI is InChI=1S/C3H6O3.C2H2O4.C2H4O2/c1-2(4)3(5)6;3-1(4)2(5)6;1-2(3)4/h2,4H,1H3,(H,5,6);(H,3,4)(H,5,6);1H3,(H,3,4). The molecule has 16 heavy (non-hydrogen) atoms. The van der Waals surface area contributed by atoms with Crippen molar-refractivity contribution in [1.29, 1.82) is 0 Å². The van der Waals surface area contributed by atoms with E-state index in [2.05, 4.69) is 0 Å². The smallest absolute Gasteiger partial charge is 0.414 e. The molecule has 1 unspecified atom stereocenters. The summed E-state index contributed by atoms with van der Waals surface area (Å²) in [5, 5.41) is 38.0. The lowest BCUT2D eigenvalue weighted by Crippen LogP contribution is -2.13. The molecule has 0 rings (SSSR count). The quantitative estimate of drug-likeness (QED) is 0.349. The largest absolute Gasteiger partial charge is 0.481 e. The number of carbonyl (C=O) groups is 4. The summed E-state index contributed by atoms with van der Waals surface area (Å²) in [4.78, 5) is 36.6. The Balaban J connectivity index is -0.000000162. The molecule has 9 nitrogen and oxygen atoms in total. The second kappa shape index (κ2) is 10.9. The zero-order valence-corrected chi connectivity index (χ0v) is 8.45. The van der Waals surface area contributed by atoms with E-state index in [1.807, 2.05) is 0 Å². The predicted molar refractivity (Wildman–Crippen MR) is 47.9 cm³/mol. The van der Waals surface area contributed by atoms with Gasteiger partial charge in [-0.2, -0.15) is 0 Å². The Morgan fingerprint density at radius 3 is 1.00 bits per heavy atom. The molecule has 5 N–H and O–H groups in total. The molecule has 0 fully saturated rings. The van der Waals surface area contributed by atoms with Crippen LogP contribution in [0.3, 0.4) is 0 Å². The highest BCUT2D eigenvalue weighted by molar-refractivity contribution is 6.27. The highest BCUT2D eigenvalue weighted by atomic mass is 16.4. The van der Waals surface area contributed by atoms with Crippen molar-refractivity contribution >= 4 is 23.9 Å². The van der Waals surface area contributed by atoms with E-state index in [-0.39, 0.29) is 0 Å². The van der Waals surface area contributed by atoms with E-state index >= 15 is 0 Å². The molecule has 94 valence electrons. The van der Waals surface area contributed by atoms with Gasteiger partial charge in [-0.1, -0.05) is 0 Å². The number of carboxylic acids is 4. The van der Waals surface area contributed by atoms with Crippen LogP contribution in [0.1, 0.15) is 13.8 Å². The second-order valence-corrected chi connectivity index (χ2v) is 2.14. The lowest BCUT2D eigenvalue weighted by atomic mass is 10.4. The van der Waals surface area contributed by atoms with E-state index in [4.69, 9.17) is 39.9 Å². The first-order chi connectivity index (χ1) is 7.02. The Bertz CT molecular complexity index is 239. The molecular weight excluding hydrogens is 228 g/mol. The normalized spacial score (nSPS) is 9.44. The maximum Gasteiger partial charge on any atom is 0.414 e. The summed E-state index contributed by atoms with van der Waals surface area (Å²) in [6, 6.07) is 0. The maximum atomic E-state index is 9.45. The van der Waals surface area contributed by atoms with Gasteiger partial charge >= 0.3 is 17.9 Å². The van der Waals surface area contributed by atoms with Crippen LogP contribution in [0.25, 0.3) is 0 Å². The molecule has 0 aromatic carbocycles. The van der Waals surface area contributed by atoms with Crippen molar-refractivity contribution in [3.05, 3.63) is 0 Å². The van der Waals surface area contributed by atoms with Crippen LogP contribution < -0.4 is 0 Å². The fourth-order valence-electron chi connectivity index (χ4n) is 0. The van der Waals surface area contributed by atoms with Crippen LogP contribution in [-0.4, -0.2) is 55.5 Å². The second-order valence-electron chi connectivity index (χ2n) is 2.14. The number of hydrogen-bond acceptors (Lipinski definition) is 5. The Morgan fingerprint density at radius 1 is 0.875 bits per heavy atom. The van der Waals surface area contributed by atoms with Crippen molar-refractivity contribution in [1.82, 2.24) is 0 Å². The van der Waals surface area contributed by atoms with E-state index in [0.717, 1.165) is 6.92 Å². The van der Waals surface area contributed by atoms with Crippen molar-refractivity contribution in [2.45, 2.75) is 20.0 Å². The lowest BCUT2D eigenvalue weighted by Gasteiger charge is -1.89. The number of aliphatic hydroxyl groups excluding tert-OH is 1. The third-order valence-corrected chi connectivity index (χ3v) is 0.540. The van der Waals surface area contributed by atoms with E-state index in [1.165, 1.54) is 6.92 Å². The molecule has 0 aromatic rings. The van der Waals surface area contributed by atoms with E-state index in [1.54, 1.807) is 0 Å². The van der Waals surface area contributed by atoms with Crippen LogP contribution in [0.15, 0.2) is 0 Å². The summed E-state index contributed by atoms with van der Waals surface area (Å²) in [7, 11) is 0. The number of aliphatic hydroxyl groups is 1. The Hall–Kier alpha value is -2.16. The molecule has 0 heterocycles. The molecule has 0 saturated carbocycles. The first-order valence-corrected chi connectivity index (χ1v) is 3.59. The number of carboxylic acid groups (broad SMARTS) is 4. The van der Waals surface area contributed by atoms with Crippen molar-refractivity contribution in [3.8, 4) is 0 Å². The first kappa shape index (κ1) is 19.4. The average Bonchev–Trinajstić information content (AvgIpc) is 2.03. The van der Waals surface area contributed by atoms with E-state index in [9.17, 15) is 4.79 Å². The fourth-order valence-corrected chi connectivity index (χ4v) is 0. The molecule has 1 atom stereocenters. The third kappa shape index (κ3) is 40.8. The predicted octanol–water partition coefficient (Wildman–Crippen LogP) is -1.30. The van der Waals surface area contributed by atoms with Gasteiger partial charge in [0.15, 0.2) is 0 Å². The topological polar surface area (TPSA) is 169 Å². The van der Waals surface area contributed by atoms with Crippen molar-refractivity contribution < 1.29 is 44.7 Å². The van der Waals surface area contributed by atoms with Crippen LogP contribution in [0.2, 0.25) is 0 Å². The van der Waals surface area contributed by atoms with Crippen molar-refractivity contribution in [2.75, 3.05) is 0 Å². The van der Waals surface area contributed by atoms with Gasteiger partial charge in [-0.25, -0.2) is 14.4 Å². The SMILES string of the molecule is CC(=O)O.CC(O)C(=O)O.O=C(O)C(=O)O. The van der Waals surface area contributed by atoms with Gasteiger partial charge in [-0.05, 0) is 6.92 Å². The minimum absolute atomic E-state index is 0.833. The van der Waals surface area contributed by atoms with E-state index in [0.29, 0.717) is 0 Å². The van der Waals surface area contributed by atoms with Gasteiger partial charge in [0.05, 0.1) is 0 Å². The zero-order chi connectivity index (χ0) is 13.9. The molecule has 0 aliphatic rings. The number of rotatable bonds is 1. The molecule has 0 aliphatic heterocycles. The molecule has 0 aromatic heterocycles. The van der Waals surface area contributed by atoms with Gasteiger partial charge in [0.1, 0.15) is 6.10 Å². The van der Waals surface area contributed by atoms with Crippen LogP contribution in [0.5, 0.6) is 0 Å². The summed E-state index contributed by atoms with van der Waals surface area (Å²) in [5.74, 6) is -5.67. The third-order valence-electron chi connectivity index (χ3n) is 0.540. The van der Waals surface area contributed by atoms with Gasteiger partial charge in [0.2, 0.25) is 0 Å². The van der Waals surface area contributed by atoms with Gasteiger partial charge in [-0.15, -0.1) is 0 Å². The van der Waals surface area contributed by atoms with Crippen LogP contribution in [0.4, 0.5) is 0 Å². The molecule has 0 bridgehead atoms. The van der Waals surface area contributed by atoms with Gasteiger partial charge in [0, 0.05) is 6.92 Å². The maximum absolute atomic E-state index is 9.45. The molecule has 0 aliphatic carbocycles. The number of hydrogen-bond donors (Lipinski definition) is 5. The minimum atomic E-state index is -1.82. The Kier molecular flexibility index (Phi) is 13.3. The molecular formula is C7H12O9. The molecule has 0 amide bonds. The highest BCUT2D eigenvalue weighted by Crippen LogP contribution is 1.73. The van der Waals surface area contributed by atoms with Crippen LogP contribution in [-0.2, 0) is 19.2 Å². The Labute approximate surface area is 89.6 Å². The minimum Gasteiger partial charge on any atom is -0.481 e. The van der Waals surface area contributed by atoms with Crippen molar-refractivity contribution in [2.24, 2.45) is 0 Å². The van der Waals surface area contributed by atoms with E-state index < -0.39 is 30.0 Å². The summed E-state index contributed by atoms with van der Waals surface area (Å²) >= 11 is 0. The van der Waals surface area contributed by atoms with Crippen LogP contribution >= 0.6 is 0 Å². The average molecular weight is 240 g/mol.